The highest BCUT2D eigenvalue weighted by atomic mass is 19.4. The summed E-state index contributed by atoms with van der Waals surface area (Å²) in [5.74, 6) is -1.14. The SMILES string of the molecule is Cn1cc(N(C(=O)c2cc3c4c(c(N)nc3cc2F)COC4)C2CCc3cc(C(F)(F)F)ccc32)cn1. The molecule has 1 amide bonds. The number of nitrogens with zero attached hydrogens (tertiary/aromatic N) is 4. The minimum Gasteiger partial charge on any atom is -0.383 e. The molecule has 2 aromatic carbocycles. The summed E-state index contributed by atoms with van der Waals surface area (Å²) in [4.78, 5) is 19.7. The molecule has 1 unspecified atom stereocenters. The summed E-state index contributed by atoms with van der Waals surface area (Å²) in [5, 5.41) is 4.73. The minimum atomic E-state index is -4.47. The van der Waals surface area contributed by atoms with E-state index in [4.69, 9.17) is 10.5 Å². The number of nitrogens with two attached hydrogens (primary N) is 1. The summed E-state index contributed by atoms with van der Waals surface area (Å²) in [5.41, 5.74) is 8.39. The van der Waals surface area contributed by atoms with Gasteiger partial charge in [0.1, 0.15) is 11.6 Å². The minimum absolute atomic E-state index is 0.183. The molecule has 4 aromatic rings. The lowest BCUT2D eigenvalue weighted by atomic mass is 10.00. The van der Waals surface area contributed by atoms with Crippen LogP contribution >= 0.6 is 0 Å². The number of ether oxygens (including phenoxy) is 1. The molecular formula is C26H21F4N5O2. The summed E-state index contributed by atoms with van der Waals surface area (Å²) in [7, 11) is 1.68. The van der Waals surface area contributed by atoms with Gasteiger partial charge in [0.05, 0.1) is 47.8 Å². The van der Waals surface area contributed by atoms with E-state index in [-0.39, 0.29) is 24.6 Å². The average Bonchev–Trinajstić information content (AvgIpc) is 3.59. The summed E-state index contributed by atoms with van der Waals surface area (Å²) < 4.78 is 62.3. The maximum absolute atomic E-state index is 15.4. The van der Waals surface area contributed by atoms with Crippen LogP contribution in [0.3, 0.4) is 0 Å². The standard InChI is InChI=1S/C26H21F4N5O2/c1-34-10-15(9-32-34)35(23-5-2-13-6-14(26(28,29)30)3-4-16(13)23)25(36)18-7-17-19-11-37-12-20(19)24(31)33-22(17)8-21(18)27/h3-4,6-10,23H,2,5,11-12H2,1H3,(H2,31,33). The Kier molecular flexibility index (Phi) is 5.23. The van der Waals surface area contributed by atoms with E-state index < -0.39 is 29.5 Å². The van der Waals surface area contributed by atoms with Crippen molar-refractivity contribution in [2.75, 3.05) is 10.6 Å². The third-order valence-corrected chi connectivity index (χ3v) is 7.06. The number of halogens is 4. The van der Waals surface area contributed by atoms with Crippen molar-refractivity contribution in [2.24, 2.45) is 7.05 Å². The van der Waals surface area contributed by atoms with E-state index >= 15 is 4.39 Å². The number of anilines is 2. The molecule has 0 spiro atoms. The number of amides is 1. The van der Waals surface area contributed by atoms with Gasteiger partial charge in [-0.25, -0.2) is 9.37 Å². The third kappa shape index (κ3) is 3.81. The van der Waals surface area contributed by atoms with Crippen LogP contribution in [0.25, 0.3) is 10.9 Å². The Morgan fingerprint density at radius 2 is 1.97 bits per heavy atom. The van der Waals surface area contributed by atoms with E-state index in [1.54, 1.807) is 13.2 Å². The normalized spacial score (nSPS) is 16.7. The second kappa shape index (κ2) is 8.27. The van der Waals surface area contributed by atoms with Crippen LogP contribution in [0, 0.1) is 5.82 Å². The van der Waals surface area contributed by atoms with Crippen LogP contribution in [0.5, 0.6) is 0 Å². The van der Waals surface area contributed by atoms with Gasteiger partial charge in [-0.05, 0) is 47.7 Å². The lowest BCUT2D eigenvalue weighted by Crippen LogP contribution is -2.34. The molecule has 0 bridgehead atoms. The molecule has 0 radical (unpaired) electrons. The summed E-state index contributed by atoms with van der Waals surface area (Å²) >= 11 is 0. The molecular weight excluding hydrogens is 490 g/mol. The predicted octanol–water partition coefficient (Wildman–Crippen LogP) is 5.07. The molecule has 3 heterocycles. The van der Waals surface area contributed by atoms with Crippen molar-refractivity contribution in [2.45, 2.75) is 38.3 Å². The van der Waals surface area contributed by atoms with Crippen LogP contribution in [0.4, 0.5) is 29.1 Å². The number of hydrogen-bond acceptors (Lipinski definition) is 5. The number of aromatic nitrogens is 3. The van der Waals surface area contributed by atoms with Gasteiger partial charge < -0.3 is 10.5 Å². The van der Waals surface area contributed by atoms with Crippen LogP contribution in [-0.2, 0) is 37.6 Å². The van der Waals surface area contributed by atoms with Gasteiger partial charge in [0, 0.05) is 30.3 Å². The number of benzene rings is 2. The Morgan fingerprint density at radius 3 is 2.70 bits per heavy atom. The molecule has 0 saturated carbocycles. The number of pyridine rings is 1. The largest absolute Gasteiger partial charge is 0.416 e. The highest BCUT2D eigenvalue weighted by Crippen LogP contribution is 2.42. The first-order valence-electron chi connectivity index (χ1n) is 11.6. The van der Waals surface area contributed by atoms with E-state index in [1.807, 2.05) is 0 Å². The molecule has 0 saturated heterocycles. The highest BCUT2D eigenvalue weighted by molar-refractivity contribution is 6.09. The molecule has 1 aliphatic heterocycles. The number of nitrogen functional groups attached to an aromatic ring is 1. The van der Waals surface area contributed by atoms with Crippen molar-refractivity contribution in [1.29, 1.82) is 0 Å². The highest BCUT2D eigenvalue weighted by Gasteiger charge is 2.37. The number of rotatable bonds is 3. The molecule has 2 aromatic heterocycles. The smallest absolute Gasteiger partial charge is 0.383 e. The second-order valence-corrected chi connectivity index (χ2v) is 9.31. The molecule has 1 atom stereocenters. The Hall–Kier alpha value is -3.99. The van der Waals surface area contributed by atoms with Crippen molar-refractivity contribution in [3.05, 3.63) is 81.9 Å². The van der Waals surface area contributed by atoms with Crippen molar-refractivity contribution in [1.82, 2.24) is 14.8 Å². The molecule has 1 aliphatic carbocycles. The molecule has 7 nitrogen and oxygen atoms in total. The van der Waals surface area contributed by atoms with E-state index in [0.29, 0.717) is 46.1 Å². The van der Waals surface area contributed by atoms with Crippen molar-refractivity contribution >= 4 is 28.3 Å². The molecule has 190 valence electrons. The number of fused-ring (bicyclic) bond motifs is 4. The van der Waals surface area contributed by atoms with Gasteiger partial charge in [0.15, 0.2) is 0 Å². The summed E-state index contributed by atoms with van der Waals surface area (Å²) in [6.07, 6.45) is -0.642. The first-order chi connectivity index (χ1) is 17.6. The number of aryl methyl sites for hydroxylation is 2. The van der Waals surface area contributed by atoms with E-state index in [9.17, 15) is 18.0 Å². The quantitative estimate of drug-likeness (QED) is 0.388. The number of carbonyl (C=O) groups excluding carboxylic acids is 1. The van der Waals surface area contributed by atoms with E-state index in [2.05, 4.69) is 10.1 Å². The third-order valence-electron chi connectivity index (χ3n) is 7.06. The van der Waals surface area contributed by atoms with E-state index in [1.165, 1.54) is 34.0 Å². The molecule has 6 rings (SSSR count). The lowest BCUT2D eigenvalue weighted by Gasteiger charge is -2.29. The maximum Gasteiger partial charge on any atom is 0.416 e. The van der Waals surface area contributed by atoms with Crippen molar-refractivity contribution in [3.63, 3.8) is 0 Å². The Morgan fingerprint density at radius 1 is 1.19 bits per heavy atom. The zero-order valence-corrected chi connectivity index (χ0v) is 19.6. The van der Waals surface area contributed by atoms with Crippen LogP contribution < -0.4 is 10.6 Å². The first kappa shape index (κ1) is 23.4. The van der Waals surface area contributed by atoms with Crippen LogP contribution in [-0.4, -0.2) is 20.7 Å². The van der Waals surface area contributed by atoms with Gasteiger partial charge in [-0.3, -0.25) is 14.4 Å². The fourth-order valence-electron chi connectivity index (χ4n) is 5.30. The fourth-order valence-corrected chi connectivity index (χ4v) is 5.30. The summed E-state index contributed by atoms with van der Waals surface area (Å²) in [6.45, 7) is 0.549. The van der Waals surface area contributed by atoms with Crippen molar-refractivity contribution in [3.8, 4) is 0 Å². The van der Waals surface area contributed by atoms with Gasteiger partial charge >= 0.3 is 6.18 Å². The average molecular weight is 511 g/mol. The topological polar surface area (TPSA) is 86.3 Å². The fraction of sp³-hybridized carbons (Fsp3) is 0.269. The van der Waals surface area contributed by atoms with Gasteiger partial charge in [0.25, 0.3) is 5.91 Å². The molecule has 0 fully saturated rings. The van der Waals surface area contributed by atoms with Crippen LogP contribution in [0.15, 0.2) is 42.7 Å². The lowest BCUT2D eigenvalue weighted by molar-refractivity contribution is -0.137. The summed E-state index contributed by atoms with van der Waals surface area (Å²) in [6, 6.07) is 5.58. The number of carbonyl (C=O) groups is 1. The molecule has 2 aliphatic rings. The zero-order chi connectivity index (χ0) is 26.1. The van der Waals surface area contributed by atoms with E-state index in [0.717, 1.165) is 17.7 Å². The van der Waals surface area contributed by atoms with Crippen molar-refractivity contribution < 1.29 is 27.1 Å². The Labute approximate surface area is 208 Å². The molecule has 11 heteroatoms. The van der Waals surface area contributed by atoms with Gasteiger partial charge in [-0.1, -0.05) is 6.07 Å². The van der Waals surface area contributed by atoms with Gasteiger partial charge in [0.2, 0.25) is 0 Å². The van der Waals surface area contributed by atoms with Crippen LogP contribution in [0.1, 0.15) is 50.6 Å². The van der Waals surface area contributed by atoms with Gasteiger partial charge in [-0.15, -0.1) is 0 Å². The Bertz CT molecular complexity index is 1580. The molecule has 2 N–H and O–H groups in total. The van der Waals surface area contributed by atoms with Gasteiger partial charge in [-0.2, -0.15) is 18.3 Å². The molecule has 37 heavy (non-hydrogen) atoms. The maximum atomic E-state index is 15.4. The first-order valence-corrected chi connectivity index (χ1v) is 11.6. The Balaban J connectivity index is 1.47. The predicted molar refractivity (Wildman–Crippen MR) is 127 cm³/mol. The zero-order valence-electron chi connectivity index (χ0n) is 19.6. The van der Waals surface area contributed by atoms with Crippen LogP contribution in [0.2, 0.25) is 0 Å². The second-order valence-electron chi connectivity index (χ2n) is 9.31. The number of alkyl halides is 3. The number of hydrogen-bond donors (Lipinski definition) is 1. The monoisotopic (exact) mass is 511 g/mol.